The number of thiocyanates is 1. The highest BCUT2D eigenvalue weighted by Gasteiger charge is 2.08. The zero-order valence-electron chi connectivity index (χ0n) is 9.27. The van der Waals surface area contributed by atoms with E-state index in [4.69, 9.17) is 5.26 Å². The molecule has 0 aromatic carbocycles. The highest BCUT2D eigenvalue weighted by molar-refractivity contribution is 8.03. The monoisotopic (exact) mass is 221 g/mol. The smallest absolute Gasteiger partial charge is 0.138 e. The molecule has 0 amide bonds. The maximum atomic E-state index is 8.67. The number of nitrogens with zero attached hydrogens (tertiary/aromatic N) is 3. The fourth-order valence-electron chi connectivity index (χ4n) is 1.46. The van der Waals surface area contributed by atoms with Crippen LogP contribution in [0.1, 0.15) is 13.8 Å². The first-order chi connectivity index (χ1) is 7.15. The molecule has 1 heterocycles. The summed E-state index contributed by atoms with van der Waals surface area (Å²) in [5, 5.41) is 10.8. The van der Waals surface area contributed by atoms with Gasteiger partial charge in [0.2, 0.25) is 0 Å². The van der Waals surface area contributed by atoms with Crippen molar-refractivity contribution < 1.29 is 0 Å². The number of hydrogen-bond donors (Lipinski definition) is 0. The fourth-order valence-corrected chi connectivity index (χ4v) is 2.00. The summed E-state index contributed by atoms with van der Waals surface area (Å²) in [5.41, 5.74) is 1.07. The molecule has 0 unspecified atom stereocenters. The van der Waals surface area contributed by atoms with Crippen molar-refractivity contribution in [1.29, 1.82) is 5.26 Å². The van der Waals surface area contributed by atoms with Gasteiger partial charge >= 0.3 is 0 Å². The minimum absolute atomic E-state index is 0.600. The Morgan fingerprint density at radius 2 is 2.33 bits per heavy atom. The van der Waals surface area contributed by atoms with Crippen molar-refractivity contribution in [3.05, 3.63) is 18.5 Å². The number of hydrogen-bond acceptors (Lipinski definition) is 4. The first kappa shape index (κ1) is 11.9. The molecule has 15 heavy (non-hydrogen) atoms. The molecule has 0 aliphatic rings. The largest absolute Gasteiger partial charge is 0.373 e. The van der Waals surface area contributed by atoms with E-state index in [-0.39, 0.29) is 0 Å². The molecule has 0 saturated heterocycles. The molecule has 0 N–H and O–H groups in total. The van der Waals surface area contributed by atoms with Gasteiger partial charge in [0.1, 0.15) is 5.40 Å². The van der Waals surface area contributed by atoms with E-state index in [0.717, 1.165) is 28.9 Å². The van der Waals surface area contributed by atoms with Gasteiger partial charge in [0.25, 0.3) is 0 Å². The van der Waals surface area contributed by atoms with E-state index in [1.54, 1.807) is 12.4 Å². The molecular weight excluding hydrogens is 206 g/mol. The molecule has 4 heteroatoms. The van der Waals surface area contributed by atoms with Crippen LogP contribution in [0.2, 0.25) is 0 Å². The number of aromatic nitrogens is 1. The van der Waals surface area contributed by atoms with Crippen molar-refractivity contribution in [3.8, 4) is 5.40 Å². The van der Waals surface area contributed by atoms with Crippen LogP contribution < -0.4 is 4.90 Å². The maximum Gasteiger partial charge on any atom is 0.138 e. The van der Waals surface area contributed by atoms with Crippen LogP contribution in [0.25, 0.3) is 0 Å². The van der Waals surface area contributed by atoms with E-state index in [0.29, 0.717) is 5.92 Å². The van der Waals surface area contributed by atoms with Crippen LogP contribution in [0.4, 0.5) is 5.69 Å². The zero-order valence-corrected chi connectivity index (χ0v) is 10.1. The minimum Gasteiger partial charge on any atom is -0.373 e. The van der Waals surface area contributed by atoms with Crippen LogP contribution in [0, 0.1) is 16.6 Å². The summed E-state index contributed by atoms with van der Waals surface area (Å²) >= 11 is 1.16. The molecule has 1 aromatic rings. The zero-order chi connectivity index (χ0) is 11.3. The third kappa shape index (κ3) is 3.45. The van der Waals surface area contributed by atoms with Crippen molar-refractivity contribution in [2.45, 2.75) is 18.7 Å². The Kier molecular flexibility index (Phi) is 4.44. The summed E-state index contributed by atoms with van der Waals surface area (Å²) in [7, 11) is 2.04. The maximum absolute atomic E-state index is 8.67. The molecule has 0 spiro atoms. The molecule has 80 valence electrons. The van der Waals surface area contributed by atoms with Gasteiger partial charge in [-0.1, -0.05) is 13.8 Å². The topological polar surface area (TPSA) is 39.9 Å². The van der Waals surface area contributed by atoms with E-state index in [9.17, 15) is 0 Å². The Morgan fingerprint density at radius 3 is 2.93 bits per heavy atom. The van der Waals surface area contributed by atoms with Gasteiger partial charge in [-0.2, -0.15) is 5.26 Å². The predicted octanol–water partition coefficient (Wildman–Crippen LogP) is 2.75. The van der Waals surface area contributed by atoms with Crippen LogP contribution >= 0.6 is 11.8 Å². The number of thioether (sulfide) groups is 1. The van der Waals surface area contributed by atoms with Gasteiger partial charge in [-0.05, 0) is 23.7 Å². The highest BCUT2D eigenvalue weighted by atomic mass is 32.2. The van der Waals surface area contributed by atoms with Crippen LogP contribution in [-0.4, -0.2) is 18.6 Å². The Morgan fingerprint density at radius 1 is 1.60 bits per heavy atom. The van der Waals surface area contributed by atoms with Gasteiger partial charge in [-0.15, -0.1) is 0 Å². The molecule has 1 aromatic heterocycles. The molecule has 0 aliphatic heterocycles. The molecule has 0 radical (unpaired) electrons. The molecule has 0 bridgehead atoms. The van der Waals surface area contributed by atoms with Crippen LogP contribution in [0.15, 0.2) is 23.4 Å². The molecule has 0 fully saturated rings. The van der Waals surface area contributed by atoms with Crippen molar-refractivity contribution >= 4 is 17.4 Å². The Bertz CT molecular complexity index is 357. The van der Waals surface area contributed by atoms with Gasteiger partial charge in [0.05, 0.1) is 10.6 Å². The molecule has 1 rings (SSSR count). The lowest BCUT2D eigenvalue weighted by Gasteiger charge is -2.22. The van der Waals surface area contributed by atoms with E-state index in [1.165, 1.54) is 0 Å². The molecular formula is C11H15N3S. The summed E-state index contributed by atoms with van der Waals surface area (Å²) in [6.07, 6.45) is 3.49. The second-order valence-electron chi connectivity index (χ2n) is 3.81. The number of anilines is 1. The third-order valence-electron chi connectivity index (χ3n) is 1.97. The molecule has 3 nitrogen and oxygen atoms in total. The Labute approximate surface area is 95.1 Å². The number of rotatable bonds is 4. The summed E-state index contributed by atoms with van der Waals surface area (Å²) < 4.78 is 0. The Hall–Kier alpha value is -1.21. The second kappa shape index (κ2) is 5.62. The van der Waals surface area contributed by atoms with E-state index >= 15 is 0 Å². The average molecular weight is 221 g/mol. The highest BCUT2D eigenvalue weighted by Crippen LogP contribution is 2.27. The van der Waals surface area contributed by atoms with Gasteiger partial charge in [0.15, 0.2) is 0 Å². The fraction of sp³-hybridized carbons (Fsp3) is 0.455. The third-order valence-corrected chi connectivity index (χ3v) is 2.59. The van der Waals surface area contributed by atoms with Crippen molar-refractivity contribution in [2.75, 3.05) is 18.5 Å². The number of nitriles is 1. The van der Waals surface area contributed by atoms with Crippen molar-refractivity contribution in [3.63, 3.8) is 0 Å². The van der Waals surface area contributed by atoms with E-state index < -0.39 is 0 Å². The lowest BCUT2D eigenvalue weighted by molar-refractivity contribution is 0.636. The number of pyridine rings is 1. The summed E-state index contributed by atoms with van der Waals surface area (Å²) in [6.45, 7) is 5.33. The van der Waals surface area contributed by atoms with Crippen molar-refractivity contribution in [1.82, 2.24) is 4.98 Å². The predicted molar refractivity (Wildman–Crippen MR) is 63.8 cm³/mol. The first-order valence-electron chi connectivity index (χ1n) is 4.86. The van der Waals surface area contributed by atoms with E-state index in [2.05, 4.69) is 29.1 Å². The van der Waals surface area contributed by atoms with Crippen LogP contribution in [-0.2, 0) is 0 Å². The average Bonchev–Trinajstić information content (AvgIpc) is 2.18. The summed E-state index contributed by atoms with van der Waals surface area (Å²) in [4.78, 5) is 7.11. The van der Waals surface area contributed by atoms with Gasteiger partial charge < -0.3 is 4.90 Å². The quantitative estimate of drug-likeness (QED) is 0.579. The molecule has 0 atom stereocenters. The summed E-state index contributed by atoms with van der Waals surface area (Å²) in [5.74, 6) is 0.600. The SMILES string of the molecule is CC(C)CN(C)c1ccncc1SC#N. The van der Waals surface area contributed by atoms with Crippen LogP contribution in [0.3, 0.4) is 0 Å². The van der Waals surface area contributed by atoms with Gasteiger partial charge in [-0.3, -0.25) is 4.98 Å². The molecule has 0 saturated carbocycles. The van der Waals surface area contributed by atoms with Gasteiger partial charge in [-0.25, -0.2) is 0 Å². The first-order valence-corrected chi connectivity index (χ1v) is 5.68. The lowest BCUT2D eigenvalue weighted by atomic mass is 10.2. The summed E-state index contributed by atoms with van der Waals surface area (Å²) in [6, 6.07) is 1.95. The standard InChI is InChI=1S/C11H15N3S/c1-9(2)7-14(3)10-4-5-13-6-11(10)15-8-12/h4-6,9H,7H2,1-3H3. The minimum atomic E-state index is 0.600. The molecule has 0 aliphatic carbocycles. The van der Waals surface area contributed by atoms with E-state index in [1.807, 2.05) is 13.1 Å². The lowest BCUT2D eigenvalue weighted by Crippen LogP contribution is -2.22. The van der Waals surface area contributed by atoms with Crippen molar-refractivity contribution in [2.24, 2.45) is 5.92 Å². The van der Waals surface area contributed by atoms with Crippen LogP contribution in [0.5, 0.6) is 0 Å². The van der Waals surface area contributed by atoms with Gasteiger partial charge in [0, 0.05) is 26.0 Å². The second-order valence-corrected chi connectivity index (χ2v) is 4.64. The Balaban J connectivity index is 2.87. The normalized spacial score (nSPS) is 10.1.